The lowest BCUT2D eigenvalue weighted by Gasteiger charge is -2.27. The van der Waals surface area contributed by atoms with Crippen molar-refractivity contribution in [3.63, 3.8) is 0 Å². The average molecular weight is 287 g/mol. The minimum Gasteiger partial charge on any atom is -0.481 e. The number of ether oxygens (including phenoxy) is 2. The van der Waals surface area contributed by atoms with E-state index in [9.17, 15) is 14.4 Å². The molecule has 0 aromatic carbocycles. The third-order valence-electron chi connectivity index (χ3n) is 2.95. The number of aliphatic carboxylic acids is 1. The molecule has 0 radical (unpaired) electrons. The van der Waals surface area contributed by atoms with Crippen molar-refractivity contribution in [1.82, 2.24) is 4.90 Å². The monoisotopic (exact) mass is 287 g/mol. The molecule has 0 aromatic heterocycles. The zero-order chi connectivity index (χ0) is 15.5. The van der Waals surface area contributed by atoms with Crippen LogP contribution in [-0.4, -0.2) is 53.3 Å². The molecule has 1 saturated heterocycles. The molecular weight excluding hydrogens is 266 g/mol. The number of hydrogen-bond donors (Lipinski definition) is 1. The Morgan fingerprint density at radius 1 is 1.30 bits per heavy atom. The summed E-state index contributed by atoms with van der Waals surface area (Å²) in [4.78, 5) is 35.8. The number of amides is 1. The fourth-order valence-corrected chi connectivity index (χ4v) is 2.20. The zero-order valence-electron chi connectivity index (χ0n) is 12.2. The number of carboxylic acids is 1. The molecule has 0 bridgehead atoms. The minimum atomic E-state index is -0.954. The molecular formula is C13H21NO6. The molecule has 1 aliphatic heterocycles. The first kappa shape index (κ1) is 16.3. The smallest absolute Gasteiger partial charge is 0.411 e. The second kappa shape index (κ2) is 6.11. The number of hydrogen-bond acceptors (Lipinski definition) is 5. The number of rotatable bonds is 3. The molecule has 1 fully saturated rings. The maximum Gasteiger partial charge on any atom is 0.411 e. The Kier molecular flexibility index (Phi) is 4.97. The van der Waals surface area contributed by atoms with E-state index in [1.807, 2.05) is 0 Å². The van der Waals surface area contributed by atoms with E-state index >= 15 is 0 Å². The van der Waals surface area contributed by atoms with Gasteiger partial charge in [0.05, 0.1) is 7.11 Å². The first-order chi connectivity index (χ1) is 9.14. The topological polar surface area (TPSA) is 93.1 Å². The van der Waals surface area contributed by atoms with Crippen molar-refractivity contribution in [3.05, 3.63) is 0 Å². The third kappa shape index (κ3) is 4.40. The van der Waals surface area contributed by atoms with Gasteiger partial charge in [-0.05, 0) is 33.1 Å². The Bertz CT molecular complexity index is 400. The summed E-state index contributed by atoms with van der Waals surface area (Å²) in [6.07, 6.45) is -0.439. The van der Waals surface area contributed by atoms with Crippen LogP contribution in [0, 0.1) is 5.92 Å². The minimum absolute atomic E-state index is 0.0905. The third-order valence-corrected chi connectivity index (χ3v) is 2.95. The summed E-state index contributed by atoms with van der Waals surface area (Å²) in [7, 11) is 1.24. The molecule has 2 atom stereocenters. The van der Waals surface area contributed by atoms with Gasteiger partial charge in [0.1, 0.15) is 11.6 Å². The standard InChI is InChI=1S/C13H21NO6/c1-13(2,3)20-12(18)14-7-8(6-10(15)16)5-9(14)11(17)19-4/h8-9H,5-7H2,1-4H3,(H,15,16)/t8-,9+/m0/s1. The van der Waals surface area contributed by atoms with Gasteiger partial charge in [-0.3, -0.25) is 9.69 Å². The summed E-state index contributed by atoms with van der Waals surface area (Å²) in [5.74, 6) is -1.78. The first-order valence-electron chi connectivity index (χ1n) is 6.43. The van der Waals surface area contributed by atoms with Crippen molar-refractivity contribution in [1.29, 1.82) is 0 Å². The van der Waals surface area contributed by atoms with E-state index in [0.29, 0.717) is 0 Å². The number of esters is 1. The maximum absolute atomic E-state index is 12.1. The van der Waals surface area contributed by atoms with E-state index < -0.39 is 29.7 Å². The van der Waals surface area contributed by atoms with Crippen molar-refractivity contribution in [3.8, 4) is 0 Å². The molecule has 1 amide bonds. The predicted molar refractivity (Wildman–Crippen MR) is 69.1 cm³/mol. The van der Waals surface area contributed by atoms with Crippen LogP contribution in [0.25, 0.3) is 0 Å². The molecule has 0 unspecified atom stereocenters. The molecule has 0 spiro atoms. The van der Waals surface area contributed by atoms with Crippen LogP contribution < -0.4 is 0 Å². The lowest BCUT2D eigenvalue weighted by molar-refractivity contribution is -0.146. The van der Waals surface area contributed by atoms with E-state index in [4.69, 9.17) is 9.84 Å². The predicted octanol–water partition coefficient (Wildman–Crippen LogP) is 1.26. The number of carbonyl (C=O) groups is 3. The molecule has 1 aliphatic rings. The Labute approximate surface area is 117 Å². The highest BCUT2D eigenvalue weighted by molar-refractivity contribution is 5.82. The summed E-state index contributed by atoms with van der Waals surface area (Å²) < 4.78 is 9.89. The highest BCUT2D eigenvalue weighted by Gasteiger charge is 2.42. The van der Waals surface area contributed by atoms with E-state index in [0.717, 1.165) is 0 Å². The maximum atomic E-state index is 12.1. The number of carboxylic acid groups (broad SMARTS) is 1. The molecule has 1 rings (SSSR count). The highest BCUT2D eigenvalue weighted by atomic mass is 16.6. The normalized spacial score (nSPS) is 22.5. The van der Waals surface area contributed by atoms with Gasteiger partial charge in [0.15, 0.2) is 0 Å². The van der Waals surface area contributed by atoms with Crippen LogP contribution in [0.1, 0.15) is 33.6 Å². The molecule has 7 nitrogen and oxygen atoms in total. The van der Waals surface area contributed by atoms with Crippen molar-refractivity contribution in [2.24, 2.45) is 5.92 Å². The van der Waals surface area contributed by atoms with Crippen molar-refractivity contribution in [2.45, 2.75) is 45.3 Å². The lowest BCUT2D eigenvalue weighted by atomic mass is 10.0. The fourth-order valence-electron chi connectivity index (χ4n) is 2.20. The van der Waals surface area contributed by atoms with E-state index in [-0.39, 0.29) is 25.3 Å². The van der Waals surface area contributed by atoms with Gasteiger partial charge in [-0.15, -0.1) is 0 Å². The van der Waals surface area contributed by atoms with Gasteiger partial charge < -0.3 is 14.6 Å². The van der Waals surface area contributed by atoms with Crippen LogP contribution in [-0.2, 0) is 19.1 Å². The van der Waals surface area contributed by atoms with Crippen LogP contribution in [0.3, 0.4) is 0 Å². The SMILES string of the molecule is COC(=O)[C@H]1C[C@@H](CC(=O)O)CN1C(=O)OC(C)(C)C. The highest BCUT2D eigenvalue weighted by Crippen LogP contribution is 2.28. The summed E-state index contributed by atoms with van der Waals surface area (Å²) in [5.41, 5.74) is -0.678. The average Bonchev–Trinajstić information content (AvgIpc) is 2.68. The summed E-state index contributed by atoms with van der Waals surface area (Å²) in [6.45, 7) is 5.36. The summed E-state index contributed by atoms with van der Waals surface area (Å²) in [5, 5.41) is 8.82. The van der Waals surface area contributed by atoms with Gasteiger partial charge >= 0.3 is 18.0 Å². The van der Waals surface area contributed by atoms with E-state index in [1.165, 1.54) is 12.0 Å². The van der Waals surface area contributed by atoms with Gasteiger partial charge in [0.2, 0.25) is 0 Å². The molecule has 114 valence electrons. The Morgan fingerprint density at radius 2 is 1.90 bits per heavy atom. The van der Waals surface area contributed by atoms with Gasteiger partial charge in [0, 0.05) is 13.0 Å². The Balaban J connectivity index is 2.81. The zero-order valence-corrected chi connectivity index (χ0v) is 12.2. The summed E-state index contributed by atoms with van der Waals surface area (Å²) in [6, 6.07) is -0.779. The number of methoxy groups -OCH3 is 1. The van der Waals surface area contributed by atoms with Crippen LogP contribution in [0.4, 0.5) is 4.79 Å². The van der Waals surface area contributed by atoms with E-state index in [2.05, 4.69) is 4.74 Å². The lowest BCUT2D eigenvalue weighted by Crippen LogP contribution is -2.43. The number of nitrogens with zero attached hydrogens (tertiary/aromatic N) is 1. The van der Waals surface area contributed by atoms with Crippen molar-refractivity contribution < 1.29 is 29.0 Å². The Morgan fingerprint density at radius 3 is 2.35 bits per heavy atom. The van der Waals surface area contributed by atoms with Gasteiger partial charge in [-0.2, -0.15) is 0 Å². The molecule has 1 heterocycles. The van der Waals surface area contributed by atoms with Crippen LogP contribution >= 0.6 is 0 Å². The molecule has 1 N–H and O–H groups in total. The largest absolute Gasteiger partial charge is 0.481 e. The molecule has 0 aromatic rings. The van der Waals surface area contributed by atoms with Gasteiger partial charge in [0.25, 0.3) is 0 Å². The fraction of sp³-hybridized carbons (Fsp3) is 0.769. The number of likely N-dealkylation sites (tertiary alicyclic amines) is 1. The first-order valence-corrected chi connectivity index (χ1v) is 6.43. The number of carbonyl (C=O) groups excluding carboxylic acids is 2. The Hall–Kier alpha value is -1.79. The van der Waals surface area contributed by atoms with Crippen molar-refractivity contribution >= 4 is 18.0 Å². The second-order valence-corrected chi connectivity index (χ2v) is 5.87. The molecule has 0 saturated carbocycles. The second-order valence-electron chi connectivity index (χ2n) is 5.87. The van der Waals surface area contributed by atoms with Gasteiger partial charge in [-0.1, -0.05) is 0 Å². The molecule has 0 aliphatic carbocycles. The molecule has 20 heavy (non-hydrogen) atoms. The van der Waals surface area contributed by atoms with Crippen LogP contribution in [0.15, 0.2) is 0 Å². The molecule has 7 heteroatoms. The van der Waals surface area contributed by atoms with Crippen LogP contribution in [0.5, 0.6) is 0 Å². The van der Waals surface area contributed by atoms with Crippen LogP contribution in [0.2, 0.25) is 0 Å². The van der Waals surface area contributed by atoms with Crippen molar-refractivity contribution in [2.75, 3.05) is 13.7 Å². The van der Waals surface area contributed by atoms with E-state index in [1.54, 1.807) is 20.8 Å². The van der Waals surface area contributed by atoms with Gasteiger partial charge in [-0.25, -0.2) is 9.59 Å². The summed E-state index contributed by atoms with van der Waals surface area (Å²) >= 11 is 0. The quantitative estimate of drug-likeness (QED) is 0.785.